The molecule has 0 aliphatic carbocycles. The van der Waals surface area contributed by atoms with Crippen LogP contribution in [0.2, 0.25) is 0 Å². The minimum absolute atomic E-state index is 0.220. The van der Waals surface area contributed by atoms with Gasteiger partial charge in [0.1, 0.15) is 6.04 Å². The van der Waals surface area contributed by atoms with Gasteiger partial charge in [-0.1, -0.05) is 12.1 Å². The first-order valence-electron chi connectivity index (χ1n) is 5.83. The standard InChI is InChI=1S/C13H16N2O3/c1-9-4-3-5-10(8-9)15-12(16)11(6-7-18-2)14-13(15)17/h3-5,8,11H,6-7H2,1-2H3,(H,14,17). The topological polar surface area (TPSA) is 58.6 Å². The molecule has 1 unspecified atom stereocenters. The molecule has 0 bridgehead atoms. The molecule has 1 fully saturated rings. The quantitative estimate of drug-likeness (QED) is 0.821. The van der Waals surface area contributed by atoms with Crippen LogP contribution in [0.5, 0.6) is 0 Å². The van der Waals surface area contributed by atoms with Crippen LogP contribution >= 0.6 is 0 Å². The molecular weight excluding hydrogens is 232 g/mol. The lowest BCUT2D eigenvalue weighted by atomic mass is 10.2. The summed E-state index contributed by atoms with van der Waals surface area (Å²) in [5.74, 6) is -0.220. The van der Waals surface area contributed by atoms with Gasteiger partial charge in [-0.3, -0.25) is 4.79 Å². The van der Waals surface area contributed by atoms with Gasteiger partial charge in [0.15, 0.2) is 0 Å². The number of amides is 3. The first-order valence-corrected chi connectivity index (χ1v) is 5.83. The van der Waals surface area contributed by atoms with Crippen LogP contribution in [-0.2, 0) is 9.53 Å². The zero-order valence-corrected chi connectivity index (χ0v) is 10.5. The van der Waals surface area contributed by atoms with E-state index in [4.69, 9.17) is 4.74 Å². The number of urea groups is 1. The number of carbonyl (C=O) groups excluding carboxylic acids is 2. The molecule has 3 amide bonds. The minimum Gasteiger partial charge on any atom is -0.385 e. The number of aryl methyl sites for hydroxylation is 1. The second-order valence-electron chi connectivity index (χ2n) is 4.30. The van der Waals surface area contributed by atoms with Crippen LogP contribution in [0.1, 0.15) is 12.0 Å². The number of hydrogen-bond acceptors (Lipinski definition) is 3. The molecule has 5 nitrogen and oxygen atoms in total. The first kappa shape index (κ1) is 12.6. The van der Waals surface area contributed by atoms with Gasteiger partial charge in [-0.05, 0) is 24.6 Å². The molecule has 2 rings (SSSR count). The Labute approximate surface area is 106 Å². The van der Waals surface area contributed by atoms with E-state index in [1.165, 1.54) is 4.90 Å². The van der Waals surface area contributed by atoms with Crippen LogP contribution in [0.4, 0.5) is 10.5 Å². The zero-order chi connectivity index (χ0) is 13.1. The molecule has 0 saturated carbocycles. The third kappa shape index (κ3) is 2.36. The Morgan fingerprint density at radius 1 is 1.39 bits per heavy atom. The van der Waals surface area contributed by atoms with Gasteiger partial charge in [0.25, 0.3) is 5.91 Å². The Hall–Kier alpha value is -1.88. The molecule has 18 heavy (non-hydrogen) atoms. The van der Waals surface area contributed by atoms with E-state index >= 15 is 0 Å². The molecule has 0 aromatic heterocycles. The molecule has 1 aliphatic heterocycles. The lowest BCUT2D eigenvalue weighted by molar-refractivity contribution is -0.118. The first-order chi connectivity index (χ1) is 8.63. The van der Waals surface area contributed by atoms with Crippen molar-refractivity contribution in [2.45, 2.75) is 19.4 Å². The molecule has 1 aromatic rings. The number of methoxy groups -OCH3 is 1. The van der Waals surface area contributed by atoms with Gasteiger partial charge in [0, 0.05) is 20.1 Å². The smallest absolute Gasteiger partial charge is 0.329 e. The number of hydrogen-bond donors (Lipinski definition) is 1. The monoisotopic (exact) mass is 248 g/mol. The summed E-state index contributed by atoms with van der Waals surface area (Å²) < 4.78 is 4.93. The molecule has 0 spiro atoms. The number of benzene rings is 1. The van der Waals surface area contributed by atoms with E-state index in [9.17, 15) is 9.59 Å². The van der Waals surface area contributed by atoms with Crippen LogP contribution in [0, 0.1) is 6.92 Å². The lowest BCUT2D eigenvalue weighted by Crippen LogP contribution is -2.31. The van der Waals surface area contributed by atoms with Crippen molar-refractivity contribution < 1.29 is 14.3 Å². The molecule has 1 heterocycles. The normalized spacial score (nSPS) is 19.2. The van der Waals surface area contributed by atoms with Crippen LogP contribution in [0.25, 0.3) is 0 Å². The highest BCUT2D eigenvalue weighted by Gasteiger charge is 2.38. The maximum Gasteiger partial charge on any atom is 0.329 e. The summed E-state index contributed by atoms with van der Waals surface area (Å²) in [6, 6.07) is 6.46. The molecule has 1 aliphatic rings. The Morgan fingerprint density at radius 3 is 2.83 bits per heavy atom. The second-order valence-corrected chi connectivity index (χ2v) is 4.30. The van der Waals surface area contributed by atoms with Gasteiger partial charge in [0.2, 0.25) is 0 Å². The summed E-state index contributed by atoms with van der Waals surface area (Å²) in [5, 5.41) is 2.66. The van der Waals surface area contributed by atoms with Crippen molar-refractivity contribution >= 4 is 17.6 Å². The fourth-order valence-corrected chi connectivity index (χ4v) is 1.97. The number of nitrogens with one attached hydrogen (secondary N) is 1. The third-order valence-corrected chi connectivity index (χ3v) is 2.89. The highest BCUT2D eigenvalue weighted by Crippen LogP contribution is 2.21. The van der Waals surface area contributed by atoms with Crippen LogP contribution in [0.3, 0.4) is 0 Å². The fraction of sp³-hybridized carbons (Fsp3) is 0.385. The van der Waals surface area contributed by atoms with Gasteiger partial charge >= 0.3 is 6.03 Å². The van der Waals surface area contributed by atoms with Crippen molar-refractivity contribution in [1.29, 1.82) is 0 Å². The summed E-state index contributed by atoms with van der Waals surface area (Å²) in [4.78, 5) is 25.1. The summed E-state index contributed by atoms with van der Waals surface area (Å²) in [6.45, 7) is 2.36. The molecule has 0 radical (unpaired) electrons. The van der Waals surface area contributed by atoms with Crippen molar-refractivity contribution in [3.05, 3.63) is 29.8 Å². The second kappa shape index (κ2) is 5.18. The van der Waals surface area contributed by atoms with Crippen molar-refractivity contribution in [3.63, 3.8) is 0 Å². The van der Waals surface area contributed by atoms with Crippen LogP contribution < -0.4 is 10.2 Å². The highest BCUT2D eigenvalue weighted by molar-refractivity contribution is 6.21. The number of imide groups is 1. The molecule has 1 saturated heterocycles. The Bertz CT molecular complexity index is 473. The van der Waals surface area contributed by atoms with E-state index in [1.807, 2.05) is 25.1 Å². The average molecular weight is 248 g/mol. The predicted molar refractivity (Wildman–Crippen MR) is 67.5 cm³/mol. The molecular formula is C13H16N2O3. The summed E-state index contributed by atoms with van der Waals surface area (Å²) in [7, 11) is 1.57. The van der Waals surface area contributed by atoms with Crippen molar-refractivity contribution in [2.75, 3.05) is 18.6 Å². The van der Waals surface area contributed by atoms with Crippen LogP contribution in [-0.4, -0.2) is 31.7 Å². The van der Waals surface area contributed by atoms with Gasteiger partial charge < -0.3 is 10.1 Å². The third-order valence-electron chi connectivity index (χ3n) is 2.89. The maximum atomic E-state index is 12.1. The van der Waals surface area contributed by atoms with Gasteiger partial charge in [0.05, 0.1) is 5.69 Å². The van der Waals surface area contributed by atoms with Crippen molar-refractivity contribution in [3.8, 4) is 0 Å². The molecule has 5 heteroatoms. The lowest BCUT2D eigenvalue weighted by Gasteiger charge is -2.13. The Morgan fingerprint density at radius 2 is 2.17 bits per heavy atom. The average Bonchev–Trinajstić information content (AvgIpc) is 2.62. The van der Waals surface area contributed by atoms with Gasteiger partial charge in [-0.2, -0.15) is 0 Å². The SMILES string of the molecule is COCCC1NC(=O)N(c2cccc(C)c2)C1=O. The summed E-state index contributed by atoms with van der Waals surface area (Å²) >= 11 is 0. The highest BCUT2D eigenvalue weighted by atomic mass is 16.5. The van der Waals surface area contributed by atoms with E-state index in [0.717, 1.165) is 5.56 Å². The number of nitrogens with zero attached hydrogens (tertiary/aromatic N) is 1. The van der Waals surface area contributed by atoms with E-state index in [0.29, 0.717) is 18.7 Å². The molecule has 1 aromatic carbocycles. The zero-order valence-electron chi connectivity index (χ0n) is 10.5. The summed E-state index contributed by atoms with van der Waals surface area (Å²) in [6.07, 6.45) is 0.489. The number of ether oxygens (including phenoxy) is 1. The van der Waals surface area contributed by atoms with Crippen molar-refractivity contribution in [1.82, 2.24) is 5.32 Å². The maximum absolute atomic E-state index is 12.1. The molecule has 1 N–H and O–H groups in total. The molecule has 96 valence electrons. The van der Waals surface area contributed by atoms with Crippen molar-refractivity contribution in [2.24, 2.45) is 0 Å². The number of anilines is 1. The van der Waals surface area contributed by atoms with E-state index in [2.05, 4.69) is 5.32 Å². The Balaban J connectivity index is 2.19. The van der Waals surface area contributed by atoms with Gasteiger partial charge in [-0.25, -0.2) is 9.69 Å². The fourth-order valence-electron chi connectivity index (χ4n) is 1.97. The van der Waals surface area contributed by atoms with E-state index in [1.54, 1.807) is 13.2 Å². The van der Waals surface area contributed by atoms with E-state index in [-0.39, 0.29) is 11.9 Å². The Kier molecular flexibility index (Phi) is 3.62. The van der Waals surface area contributed by atoms with E-state index < -0.39 is 6.04 Å². The number of rotatable bonds is 4. The largest absolute Gasteiger partial charge is 0.385 e. The predicted octanol–water partition coefficient (Wildman–Crippen LogP) is 1.46. The number of carbonyl (C=O) groups is 2. The van der Waals surface area contributed by atoms with Gasteiger partial charge in [-0.15, -0.1) is 0 Å². The summed E-state index contributed by atoms with van der Waals surface area (Å²) in [5.41, 5.74) is 1.62. The van der Waals surface area contributed by atoms with Crippen LogP contribution in [0.15, 0.2) is 24.3 Å². The molecule has 1 atom stereocenters. The minimum atomic E-state index is -0.488.